The summed E-state index contributed by atoms with van der Waals surface area (Å²) in [6.45, 7) is 6.14. The molecule has 50 valence electrons. The van der Waals surface area contributed by atoms with Crippen molar-refractivity contribution >= 4 is 0 Å². The molecule has 0 aliphatic rings. The van der Waals surface area contributed by atoms with Gasteiger partial charge in [-0.1, -0.05) is 20.3 Å². The summed E-state index contributed by atoms with van der Waals surface area (Å²) in [5.41, 5.74) is 0. The lowest BCUT2D eigenvalue weighted by molar-refractivity contribution is 0.163. The Morgan fingerprint density at radius 3 is 2.00 bits per heavy atom. The Morgan fingerprint density at radius 2 is 1.88 bits per heavy atom. The molecule has 0 aromatic rings. The summed E-state index contributed by atoms with van der Waals surface area (Å²) in [5, 5.41) is 8.85. The molecule has 8 heavy (non-hydrogen) atoms. The number of rotatable bonds is 3. The molecule has 0 rings (SSSR count). The zero-order valence-corrected chi connectivity index (χ0v) is 6.02. The van der Waals surface area contributed by atoms with E-state index >= 15 is 0 Å². The summed E-state index contributed by atoms with van der Waals surface area (Å²) in [6, 6.07) is 0. The van der Waals surface area contributed by atoms with Gasteiger partial charge in [0, 0.05) is 0 Å². The molecular weight excluding hydrogens is 100 g/mol. The minimum Gasteiger partial charge on any atom is -0.393 e. The summed E-state index contributed by atoms with van der Waals surface area (Å²) in [5.74, 6) is 0.676. The molecule has 1 nitrogen and oxygen atoms in total. The first kappa shape index (κ1) is 7.96. The molecular formula is C7H16O. The minimum atomic E-state index is -0.120. The van der Waals surface area contributed by atoms with Crippen molar-refractivity contribution in [1.82, 2.24) is 0 Å². The number of aliphatic hydroxyl groups is 1. The van der Waals surface area contributed by atoms with Crippen molar-refractivity contribution in [3.05, 3.63) is 0 Å². The van der Waals surface area contributed by atoms with Crippen LogP contribution < -0.4 is 0 Å². The summed E-state index contributed by atoms with van der Waals surface area (Å²) >= 11 is 0. The van der Waals surface area contributed by atoms with Crippen LogP contribution in [0.5, 0.6) is 0 Å². The van der Waals surface area contributed by atoms with Crippen LogP contribution >= 0.6 is 0 Å². The quantitative estimate of drug-likeness (QED) is 0.596. The van der Waals surface area contributed by atoms with Gasteiger partial charge in [0.05, 0.1) is 6.10 Å². The maximum absolute atomic E-state index is 8.85. The van der Waals surface area contributed by atoms with Gasteiger partial charge in [0.2, 0.25) is 0 Å². The average molecular weight is 116 g/mol. The molecule has 0 saturated heterocycles. The first-order chi connectivity index (χ1) is 3.66. The van der Waals surface area contributed by atoms with Crippen LogP contribution in [0.2, 0.25) is 0 Å². The Balaban J connectivity index is 3.10. The molecule has 0 aliphatic heterocycles. The smallest absolute Gasteiger partial charge is 0.0514 e. The van der Waals surface area contributed by atoms with E-state index in [0.717, 1.165) is 6.42 Å². The molecule has 0 bridgehead atoms. The molecule has 0 amide bonds. The van der Waals surface area contributed by atoms with Gasteiger partial charge in [-0.2, -0.15) is 0 Å². The Hall–Kier alpha value is -0.0400. The first-order valence-corrected chi connectivity index (χ1v) is 3.34. The minimum absolute atomic E-state index is 0.120. The summed E-state index contributed by atoms with van der Waals surface area (Å²) in [7, 11) is 0. The SMILES string of the molecule is CC[C@H](C)C[C@H](C)O. The van der Waals surface area contributed by atoms with Gasteiger partial charge in [-0.05, 0) is 19.3 Å². The van der Waals surface area contributed by atoms with Gasteiger partial charge in [0.1, 0.15) is 0 Å². The third kappa shape index (κ3) is 4.13. The molecule has 2 atom stereocenters. The number of hydrogen-bond acceptors (Lipinski definition) is 1. The van der Waals surface area contributed by atoms with Crippen LogP contribution in [0.15, 0.2) is 0 Å². The van der Waals surface area contributed by atoms with E-state index in [9.17, 15) is 0 Å². The van der Waals surface area contributed by atoms with Crippen LogP contribution in [0.25, 0.3) is 0 Å². The second kappa shape index (κ2) is 3.90. The fourth-order valence-corrected chi connectivity index (χ4v) is 0.749. The molecule has 0 aromatic heterocycles. The van der Waals surface area contributed by atoms with Gasteiger partial charge in [0.15, 0.2) is 0 Å². The van der Waals surface area contributed by atoms with Gasteiger partial charge in [0.25, 0.3) is 0 Å². The van der Waals surface area contributed by atoms with Crippen molar-refractivity contribution < 1.29 is 5.11 Å². The van der Waals surface area contributed by atoms with Crippen LogP contribution in [0.3, 0.4) is 0 Å². The Labute approximate surface area is 51.7 Å². The highest BCUT2D eigenvalue weighted by Gasteiger charge is 2.01. The van der Waals surface area contributed by atoms with Crippen molar-refractivity contribution in [3.8, 4) is 0 Å². The van der Waals surface area contributed by atoms with Gasteiger partial charge in [-0.15, -0.1) is 0 Å². The molecule has 0 saturated carbocycles. The highest BCUT2D eigenvalue weighted by atomic mass is 16.3. The molecule has 0 aliphatic carbocycles. The van der Waals surface area contributed by atoms with Crippen molar-refractivity contribution in [3.63, 3.8) is 0 Å². The van der Waals surface area contributed by atoms with E-state index in [4.69, 9.17) is 5.11 Å². The van der Waals surface area contributed by atoms with Gasteiger partial charge in [-0.25, -0.2) is 0 Å². The second-order valence-electron chi connectivity index (χ2n) is 2.60. The highest BCUT2D eigenvalue weighted by Crippen LogP contribution is 2.08. The zero-order chi connectivity index (χ0) is 6.57. The molecule has 1 N–H and O–H groups in total. The van der Waals surface area contributed by atoms with Gasteiger partial charge < -0.3 is 5.11 Å². The molecule has 0 unspecified atom stereocenters. The largest absolute Gasteiger partial charge is 0.393 e. The topological polar surface area (TPSA) is 20.2 Å². The molecule has 0 aromatic carbocycles. The van der Waals surface area contributed by atoms with E-state index in [0.29, 0.717) is 5.92 Å². The van der Waals surface area contributed by atoms with Crippen LogP contribution in [0, 0.1) is 5.92 Å². The summed E-state index contributed by atoms with van der Waals surface area (Å²) in [4.78, 5) is 0. The monoisotopic (exact) mass is 116 g/mol. The lowest BCUT2D eigenvalue weighted by atomic mass is 10.0. The predicted molar refractivity (Wildman–Crippen MR) is 35.8 cm³/mol. The Morgan fingerprint density at radius 1 is 1.38 bits per heavy atom. The normalized spacial score (nSPS) is 18.0. The number of hydrogen-bond donors (Lipinski definition) is 1. The first-order valence-electron chi connectivity index (χ1n) is 3.34. The molecule has 0 spiro atoms. The third-order valence-electron chi connectivity index (χ3n) is 1.44. The fraction of sp³-hybridized carbons (Fsp3) is 1.00. The van der Waals surface area contributed by atoms with E-state index in [2.05, 4.69) is 13.8 Å². The maximum atomic E-state index is 8.85. The van der Waals surface area contributed by atoms with Gasteiger partial charge in [-0.3, -0.25) is 0 Å². The van der Waals surface area contributed by atoms with Crippen LogP contribution in [0.1, 0.15) is 33.6 Å². The third-order valence-corrected chi connectivity index (χ3v) is 1.44. The van der Waals surface area contributed by atoms with E-state index < -0.39 is 0 Å². The molecule has 1 heteroatoms. The van der Waals surface area contributed by atoms with Crippen molar-refractivity contribution in [1.29, 1.82) is 0 Å². The van der Waals surface area contributed by atoms with Crippen molar-refractivity contribution in [2.24, 2.45) is 5.92 Å². The molecule has 0 radical (unpaired) electrons. The van der Waals surface area contributed by atoms with Crippen LogP contribution in [-0.2, 0) is 0 Å². The fourth-order valence-electron chi connectivity index (χ4n) is 0.749. The van der Waals surface area contributed by atoms with Crippen molar-refractivity contribution in [2.75, 3.05) is 0 Å². The predicted octanol–water partition coefficient (Wildman–Crippen LogP) is 1.80. The zero-order valence-electron chi connectivity index (χ0n) is 6.02. The van der Waals surface area contributed by atoms with Crippen molar-refractivity contribution in [2.45, 2.75) is 39.7 Å². The van der Waals surface area contributed by atoms with E-state index in [1.807, 2.05) is 6.92 Å². The molecule has 0 fully saturated rings. The van der Waals surface area contributed by atoms with E-state index in [-0.39, 0.29) is 6.10 Å². The maximum Gasteiger partial charge on any atom is 0.0514 e. The summed E-state index contributed by atoms with van der Waals surface area (Å²) in [6.07, 6.45) is 1.99. The summed E-state index contributed by atoms with van der Waals surface area (Å²) < 4.78 is 0. The number of aliphatic hydroxyl groups excluding tert-OH is 1. The van der Waals surface area contributed by atoms with Crippen LogP contribution in [0.4, 0.5) is 0 Å². The lowest BCUT2D eigenvalue weighted by Crippen LogP contribution is -2.05. The van der Waals surface area contributed by atoms with E-state index in [1.165, 1.54) is 6.42 Å². The highest BCUT2D eigenvalue weighted by molar-refractivity contribution is 4.53. The Kier molecular flexibility index (Phi) is 3.88. The van der Waals surface area contributed by atoms with E-state index in [1.54, 1.807) is 0 Å². The second-order valence-corrected chi connectivity index (χ2v) is 2.60. The molecule has 0 heterocycles. The van der Waals surface area contributed by atoms with Gasteiger partial charge >= 0.3 is 0 Å². The Bertz CT molecular complexity index is 50.3. The lowest BCUT2D eigenvalue weighted by Gasteiger charge is -2.08. The van der Waals surface area contributed by atoms with Crippen LogP contribution in [-0.4, -0.2) is 11.2 Å². The average Bonchev–Trinajstić information content (AvgIpc) is 1.65. The standard InChI is InChI=1S/C7H16O/c1-4-6(2)5-7(3)8/h6-8H,4-5H2,1-3H3/t6-,7-/m0/s1.